The van der Waals surface area contributed by atoms with Crippen molar-refractivity contribution < 1.29 is 9.53 Å². The van der Waals surface area contributed by atoms with Crippen LogP contribution in [0.4, 0.5) is 0 Å². The molecule has 0 saturated heterocycles. The molecule has 1 rings (SSSR count). The van der Waals surface area contributed by atoms with E-state index < -0.39 is 0 Å². The average Bonchev–Trinajstić information content (AvgIpc) is 2.15. The molecule has 14 heavy (non-hydrogen) atoms. The predicted molar refractivity (Wildman–Crippen MR) is 52.5 cm³/mol. The molecule has 0 aliphatic rings. The number of Topliss-reactive ketones (excluding diaryl/α,β-unsaturated/α-hetero) is 1. The Bertz CT molecular complexity index is 348. The zero-order chi connectivity index (χ0) is 10.7. The van der Waals surface area contributed by atoms with E-state index in [1.165, 1.54) is 7.11 Å². The predicted octanol–water partition coefficient (Wildman–Crippen LogP) is 1.63. The molecule has 0 aliphatic heterocycles. The number of carbonyl (C=O) groups is 1. The third kappa shape index (κ3) is 2.28. The normalized spacial score (nSPS) is 10.4. The van der Waals surface area contributed by atoms with Crippen molar-refractivity contribution >= 4 is 5.78 Å². The van der Waals surface area contributed by atoms with E-state index in [0.717, 1.165) is 0 Å². The number of ketones is 1. The minimum atomic E-state index is -0.0611. The second-order valence-electron chi connectivity index (χ2n) is 3.36. The fourth-order valence-corrected chi connectivity index (χ4v) is 1.07. The van der Waals surface area contributed by atoms with Gasteiger partial charge in [0.25, 0.3) is 0 Å². The van der Waals surface area contributed by atoms with E-state index in [1.54, 1.807) is 13.0 Å². The highest BCUT2D eigenvalue weighted by Crippen LogP contribution is 2.12. The van der Waals surface area contributed by atoms with Crippen molar-refractivity contribution in [1.82, 2.24) is 9.97 Å². The molecule has 1 heterocycles. The van der Waals surface area contributed by atoms with Crippen molar-refractivity contribution in [3.8, 4) is 5.88 Å². The van der Waals surface area contributed by atoms with Gasteiger partial charge in [-0.3, -0.25) is 4.79 Å². The quantitative estimate of drug-likeness (QED) is 0.686. The number of rotatable bonds is 3. The third-order valence-corrected chi connectivity index (χ3v) is 1.80. The summed E-state index contributed by atoms with van der Waals surface area (Å²) in [6, 6.07) is 1.56. The molecule has 1 aromatic heterocycles. The third-order valence-electron chi connectivity index (χ3n) is 1.80. The highest BCUT2D eigenvalue weighted by Gasteiger charge is 2.13. The molecule has 4 heteroatoms. The second kappa shape index (κ2) is 4.17. The summed E-state index contributed by atoms with van der Waals surface area (Å²) in [6.45, 7) is 5.41. The Balaban J connectivity index is 3.09. The summed E-state index contributed by atoms with van der Waals surface area (Å²) in [5.74, 6) is 0.928. The molecule has 0 atom stereocenters. The van der Waals surface area contributed by atoms with Crippen molar-refractivity contribution in [2.75, 3.05) is 7.11 Å². The van der Waals surface area contributed by atoms with Gasteiger partial charge in [0.05, 0.1) is 7.11 Å². The lowest BCUT2D eigenvalue weighted by Gasteiger charge is -2.05. The van der Waals surface area contributed by atoms with E-state index in [0.29, 0.717) is 17.4 Å². The maximum absolute atomic E-state index is 11.6. The van der Waals surface area contributed by atoms with Gasteiger partial charge in [-0.05, 0) is 6.92 Å². The lowest BCUT2D eigenvalue weighted by Crippen LogP contribution is -2.11. The summed E-state index contributed by atoms with van der Waals surface area (Å²) in [4.78, 5) is 19.7. The van der Waals surface area contributed by atoms with Gasteiger partial charge in [0.1, 0.15) is 11.5 Å². The zero-order valence-electron chi connectivity index (χ0n) is 8.87. The van der Waals surface area contributed by atoms with E-state index in [-0.39, 0.29) is 11.7 Å². The maximum Gasteiger partial charge on any atom is 0.217 e. The minimum Gasteiger partial charge on any atom is -0.481 e. The molecule has 0 fully saturated rings. The molecular formula is C10H14N2O2. The fraction of sp³-hybridized carbons (Fsp3) is 0.500. The molecule has 4 nitrogen and oxygen atoms in total. The van der Waals surface area contributed by atoms with Gasteiger partial charge in [0.15, 0.2) is 5.78 Å². The Morgan fingerprint density at radius 3 is 2.57 bits per heavy atom. The molecule has 0 bridgehead atoms. The number of methoxy groups -OCH3 is 1. The first kappa shape index (κ1) is 10.6. The van der Waals surface area contributed by atoms with Crippen LogP contribution in [0.15, 0.2) is 6.07 Å². The summed E-state index contributed by atoms with van der Waals surface area (Å²) in [6.07, 6.45) is 0. The van der Waals surface area contributed by atoms with E-state index in [4.69, 9.17) is 4.74 Å². The monoisotopic (exact) mass is 194 g/mol. The largest absolute Gasteiger partial charge is 0.481 e. The average molecular weight is 194 g/mol. The van der Waals surface area contributed by atoms with Crippen molar-refractivity contribution in [3.63, 3.8) is 0 Å². The van der Waals surface area contributed by atoms with E-state index in [1.807, 2.05) is 13.8 Å². The van der Waals surface area contributed by atoms with Crippen LogP contribution in [0.25, 0.3) is 0 Å². The number of ether oxygens (including phenoxy) is 1. The minimum absolute atomic E-state index is 0.00815. The summed E-state index contributed by atoms with van der Waals surface area (Å²) in [5, 5.41) is 0. The maximum atomic E-state index is 11.6. The Labute approximate surface area is 83.3 Å². The fourth-order valence-electron chi connectivity index (χ4n) is 1.07. The summed E-state index contributed by atoms with van der Waals surface area (Å²) in [7, 11) is 1.52. The Hall–Kier alpha value is -1.45. The lowest BCUT2D eigenvalue weighted by molar-refractivity contribution is 0.0933. The number of carbonyl (C=O) groups excluding carboxylic acids is 1. The van der Waals surface area contributed by atoms with Crippen molar-refractivity contribution in [1.29, 1.82) is 0 Å². The highest BCUT2D eigenvalue weighted by molar-refractivity contribution is 5.95. The van der Waals surface area contributed by atoms with Crippen LogP contribution in [0.3, 0.4) is 0 Å². The number of aryl methyl sites for hydroxylation is 1. The molecule has 0 spiro atoms. The highest BCUT2D eigenvalue weighted by atomic mass is 16.5. The molecule has 0 radical (unpaired) electrons. The van der Waals surface area contributed by atoms with Crippen LogP contribution in [0.1, 0.15) is 30.2 Å². The summed E-state index contributed by atoms with van der Waals surface area (Å²) in [5.41, 5.74) is 0.421. The molecule has 0 aliphatic carbocycles. The van der Waals surface area contributed by atoms with E-state index in [2.05, 4.69) is 9.97 Å². The van der Waals surface area contributed by atoms with Crippen LogP contribution in [0, 0.1) is 12.8 Å². The van der Waals surface area contributed by atoms with Crippen molar-refractivity contribution in [3.05, 3.63) is 17.6 Å². The molecule has 0 N–H and O–H groups in total. The van der Waals surface area contributed by atoms with E-state index >= 15 is 0 Å². The van der Waals surface area contributed by atoms with Crippen molar-refractivity contribution in [2.24, 2.45) is 5.92 Å². The Kier molecular flexibility index (Phi) is 3.17. The van der Waals surface area contributed by atoms with E-state index in [9.17, 15) is 4.79 Å². The molecule has 0 aromatic carbocycles. The van der Waals surface area contributed by atoms with Gasteiger partial charge in [0, 0.05) is 12.0 Å². The van der Waals surface area contributed by atoms with Crippen LogP contribution < -0.4 is 4.74 Å². The van der Waals surface area contributed by atoms with Gasteiger partial charge in [-0.2, -0.15) is 4.98 Å². The van der Waals surface area contributed by atoms with Crippen LogP contribution >= 0.6 is 0 Å². The standard InChI is InChI=1S/C10H14N2O2/c1-6(2)10(13)8-5-9(14-4)12-7(3)11-8/h5-6H,1-4H3. The van der Waals surface area contributed by atoms with Gasteiger partial charge in [-0.25, -0.2) is 4.98 Å². The Morgan fingerprint density at radius 1 is 1.43 bits per heavy atom. The number of aromatic nitrogens is 2. The van der Waals surface area contributed by atoms with Crippen molar-refractivity contribution in [2.45, 2.75) is 20.8 Å². The van der Waals surface area contributed by atoms with Gasteiger partial charge in [0.2, 0.25) is 5.88 Å². The molecule has 0 amide bonds. The van der Waals surface area contributed by atoms with Gasteiger partial charge < -0.3 is 4.74 Å². The van der Waals surface area contributed by atoms with Crippen LogP contribution in [-0.4, -0.2) is 22.9 Å². The van der Waals surface area contributed by atoms with Gasteiger partial charge in [-0.1, -0.05) is 13.8 Å². The molecule has 0 saturated carbocycles. The van der Waals surface area contributed by atoms with Crippen LogP contribution in [0.5, 0.6) is 5.88 Å². The van der Waals surface area contributed by atoms with Crippen LogP contribution in [-0.2, 0) is 0 Å². The smallest absolute Gasteiger partial charge is 0.217 e. The SMILES string of the molecule is COc1cc(C(=O)C(C)C)nc(C)n1. The van der Waals surface area contributed by atoms with Gasteiger partial charge >= 0.3 is 0 Å². The summed E-state index contributed by atoms with van der Waals surface area (Å²) >= 11 is 0. The first-order chi connectivity index (χ1) is 6.54. The lowest BCUT2D eigenvalue weighted by atomic mass is 10.1. The van der Waals surface area contributed by atoms with Gasteiger partial charge in [-0.15, -0.1) is 0 Å². The Morgan fingerprint density at radius 2 is 2.07 bits per heavy atom. The summed E-state index contributed by atoms with van der Waals surface area (Å²) < 4.78 is 4.96. The topological polar surface area (TPSA) is 52.1 Å². The second-order valence-corrected chi connectivity index (χ2v) is 3.36. The zero-order valence-corrected chi connectivity index (χ0v) is 8.87. The number of hydrogen-bond donors (Lipinski definition) is 0. The number of nitrogens with zero attached hydrogens (tertiary/aromatic N) is 2. The van der Waals surface area contributed by atoms with Crippen LogP contribution in [0.2, 0.25) is 0 Å². The molecule has 1 aromatic rings. The molecule has 76 valence electrons. The first-order valence-corrected chi connectivity index (χ1v) is 4.48. The molecule has 0 unspecified atom stereocenters. The molecular weight excluding hydrogens is 180 g/mol. The first-order valence-electron chi connectivity index (χ1n) is 4.48. The number of hydrogen-bond acceptors (Lipinski definition) is 4.